The SMILES string of the molecule is CN1C[C@H](C#CC#Cc2cc3n(c2)C(=O)N(CC[C@](C)(C(=O)NO)S(C)(=O)=O)C3)[C@H]1CO. The van der Waals surface area contributed by atoms with Crippen LogP contribution in [0.2, 0.25) is 0 Å². The Labute approximate surface area is 187 Å². The van der Waals surface area contributed by atoms with Gasteiger partial charge in [0.15, 0.2) is 14.6 Å². The van der Waals surface area contributed by atoms with Crippen molar-refractivity contribution >= 4 is 21.8 Å². The van der Waals surface area contributed by atoms with Crippen LogP contribution >= 0.6 is 0 Å². The van der Waals surface area contributed by atoms with E-state index in [0.29, 0.717) is 11.3 Å². The topological polar surface area (TPSA) is 132 Å². The van der Waals surface area contributed by atoms with Crippen molar-refractivity contribution in [2.45, 2.75) is 30.7 Å². The largest absolute Gasteiger partial charge is 0.395 e. The Kier molecular flexibility index (Phi) is 6.67. The molecule has 1 fully saturated rings. The average molecular weight is 463 g/mol. The van der Waals surface area contributed by atoms with Gasteiger partial charge < -0.3 is 10.0 Å². The summed E-state index contributed by atoms with van der Waals surface area (Å²) in [5.41, 5.74) is 2.72. The van der Waals surface area contributed by atoms with Gasteiger partial charge in [-0.1, -0.05) is 11.8 Å². The second-order valence-electron chi connectivity index (χ2n) is 8.30. The van der Waals surface area contributed by atoms with E-state index in [4.69, 9.17) is 5.21 Å². The average Bonchev–Trinajstić information content (AvgIpc) is 3.25. The number of aromatic nitrogens is 1. The van der Waals surface area contributed by atoms with Crippen LogP contribution in [0.4, 0.5) is 4.79 Å². The van der Waals surface area contributed by atoms with Crippen molar-refractivity contribution in [1.29, 1.82) is 0 Å². The van der Waals surface area contributed by atoms with Gasteiger partial charge in [0, 0.05) is 42.8 Å². The van der Waals surface area contributed by atoms with E-state index in [0.717, 1.165) is 12.8 Å². The van der Waals surface area contributed by atoms with Gasteiger partial charge in [0.25, 0.3) is 5.91 Å². The third-order valence-electron chi connectivity index (χ3n) is 6.22. The summed E-state index contributed by atoms with van der Waals surface area (Å²) in [7, 11) is -1.91. The molecule has 0 spiro atoms. The summed E-state index contributed by atoms with van der Waals surface area (Å²) in [6, 6.07) is 1.46. The maximum atomic E-state index is 12.7. The molecule has 2 aliphatic rings. The third kappa shape index (κ3) is 4.38. The van der Waals surface area contributed by atoms with Gasteiger partial charge in [-0.25, -0.2) is 18.7 Å². The number of amides is 2. The minimum Gasteiger partial charge on any atom is -0.395 e. The van der Waals surface area contributed by atoms with E-state index in [9.17, 15) is 23.1 Å². The van der Waals surface area contributed by atoms with Gasteiger partial charge in [-0.2, -0.15) is 0 Å². The maximum Gasteiger partial charge on any atom is 0.328 e. The third-order valence-corrected chi connectivity index (χ3v) is 8.24. The lowest BCUT2D eigenvalue weighted by Gasteiger charge is -2.42. The quantitative estimate of drug-likeness (QED) is 0.288. The molecular formula is C21H26N4O6S. The zero-order valence-electron chi connectivity index (χ0n) is 18.1. The van der Waals surface area contributed by atoms with Crippen molar-refractivity contribution in [3.8, 4) is 23.7 Å². The van der Waals surface area contributed by atoms with Crippen LogP contribution in [0, 0.1) is 29.6 Å². The summed E-state index contributed by atoms with van der Waals surface area (Å²) >= 11 is 0. The van der Waals surface area contributed by atoms with Gasteiger partial charge in [0.2, 0.25) is 0 Å². The normalized spacial score (nSPS) is 22.0. The molecule has 32 heavy (non-hydrogen) atoms. The van der Waals surface area contributed by atoms with Crippen molar-refractivity contribution < 1.29 is 28.3 Å². The number of hydrogen-bond donors (Lipinski definition) is 3. The lowest BCUT2D eigenvalue weighted by atomic mass is 9.90. The molecular weight excluding hydrogens is 436 g/mol. The summed E-state index contributed by atoms with van der Waals surface area (Å²) in [5, 5.41) is 18.2. The number of sulfone groups is 1. The number of carbonyl (C=O) groups excluding carboxylic acids is 2. The highest BCUT2D eigenvalue weighted by atomic mass is 32.2. The number of rotatable bonds is 6. The summed E-state index contributed by atoms with van der Waals surface area (Å²) in [6.45, 7) is 2.34. The van der Waals surface area contributed by atoms with Crippen LogP contribution in [0.15, 0.2) is 12.3 Å². The first kappa shape index (κ1) is 23.8. The number of fused-ring (bicyclic) bond motifs is 1. The molecule has 0 unspecified atom stereocenters. The van der Waals surface area contributed by atoms with E-state index in [1.165, 1.54) is 21.9 Å². The fourth-order valence-corrected chi connectivity index (χ4v) is 4.62. The molecule has 0 aliphatic carbocycles. The van der Waals surface area contributed by atoms with E-state index in [-0.39, 0.29) is 44.1 Å². The zero-order valence-corrected chi connectivity index (χ0v) is 18.9. The molecule has 1 aromatic rings. The Morgan fingerprint density at radius 2 is 2.09 bits per heavy atom. The van der Waals surface area contributed by atoms with Crippen LogP contribution in [0.3, 0.4) is 0 Å². The van der Waals surface area contributed by atoms with Crippen LogP contribution in [0.5, 0.6) is 0 Å². The van der Waals surface area contributed by atoms with Gasteiger partial charge in [-0.05, 0) is 38.3 Å². The second-order valence-corrected chi connectivity index (χ2v) is 10.7. The molecule has 1 aromatic heterocycles. The standard InChI is InChI=1S/C21H26N4O6S/c1-21(19(27)22-29,32(3,30)31)8-9-24-13-17-10-15(11-25(17)20(24)28)6-4-5-7-16-12-23(2)18(16)14-26/h10-11,16,18,26,29H,8-9,12-14H2,1-3H3,(H,22,27)/t16-,18+,21+/m0/s1. The molecule has 3 N–H and O–H groups in total. The Balaban J connectivity index is 1.63. The van der Waals surface area contributed by atoms with Gasteiger partial charge in [-0.3, -0.25) is 19.5 Å². The molecule has 2 aliphatic heterocycles. The molecule has 11 heteroatoms. The Morgan fingerprint density at radius 3 is 2.66 bits per heavy atom. The molecule has 10 nitrogen and oxygen atoms in total. The van der Waals surface area contributed by atoms with Gasteiger partial charge in [-0.15, -0.1) is 0 Å². The molecule has 3 rings (SSSR count). The first-order chi connectivity index (χ1) is 15.0. The molecule has 0 radical (unpaired) electrons. The Bertz CT molecular complexity index is 1150. The summed E-state index contributed by atoms with van der Waals surface area (Å²) < 4.78 is 23.7. The molecule has 2 amide bonds. The van der Waals surface area contributed by atoms with Crippen LogP contribution in [0.25, 0.3) is 0 Å². The number of aliphatic hydroxyl groups excluding tert-OH is 1. The number of likely N-dealkylation sites (tertiary alicyclic amines) is 1. The van der Waals surface area contributed by atoms with Gasteiger partial charge in [0.05, 0.1) is 19.1 Å². The minimum absolute atomic E-state index is 0.0197. The number of aliphatic hydroxyl groups is 1. The molecule has 0 bridgehead atoms. The van der Waals surface area contributed by atoms with E-state index >= 15 is 0 Å². The Morgan fingerprint density at radius 1 is 1.38 bits per heavy atom. The monoisotopic (exact) mass is 462 g/mol. The second kappa shape index (κ2) is 8.96. The molecule has 172 valence electrons. The van der Waals surface area contributed by atoms with Crippen LogP contribution < -0.4 is 5.48 Å². The van der Waals surface area contributed by atoms with E-state index in [1.54, 1.807) is 12.3 Å². The minimum atomic E-state index is -3.84. The first-order valence-electron chi connectivity index (χ1n) is 9.99. The highest BCUT2D eigenvalue weighted by Crippen LogP contribution is 2.25. The van der Waals surface area contributed by atoms with E-state index in [2.05, 4.69) is 23.7 Å². The number of nitrogens with zero attached hydrogens (tertiary/aromatic N) is 3. The predicted octanol–water partition coefficient (Wildman–Crippen LogP) is -0.752. The number of carbonyl (C=O) groups is 2. The van der Waals surface area contributed by atoms with E-state index < -0.39 is 20.5 Å². The summed E-state index contributed by atoms with van der Waals surface area (Å²) in [5.74, 6) is 10.6. The molecule has 3 atom stereocenters. The van der Waals surface area contributed by atoms with Crippen LogP contribution in [-0.4, -0.2) is 88.8 Å². The number of hydroxylamine groups is 1. The van der Waals surface area contributed by atoms with Crippen molar-refractivity contribution in [3.05, 3.63) is 23.5 Å². The summed E-state index contributed by atoms with van der Waals surface area (Å²) in [4.78, 5) is 28.1. The van der Waals surface area contributed by atoms with Crippen LogP contribution in [-0.2, 0) is 21.2 Å². The maximum absolute atomic E-state index is 12.7. The van der Waals surface area contributed by atoms with Gasteiger partial charge >= 0.3 is 6.03 Å². The molecule has 1 saturated heterocycles. The van der Waals surface area contributed by atoms with Crippen molar-refractivity contribution in [3.63, 3.8) is 0 Å². The lowest BCUT2D eigenvalue weighted by Crippen LogP contribution is -2.55. The van der Waals surface area contributed by atoms with Crippen LogP contribution in [0.1, 0.15) is 24.6 Å². The molecule has 0 saturated carbocycles. The lowest BCUT2D eigenvalue weighted by molar-refractivity contribution is -0.131. The van der Waals surface area contributed by atoms with Crippen molar-refractivity contribution in [2.75, 3.05) is 33.0 Å². The number of likely N-dealkylation sites (N-methyl/N-ethyl adjacent to an activating group) is 1. The first-order valence-corrected chi connectivity index (χ1v) is 11.9. The zero-order chi connectivity index (χ0) is 23.7. The van der Waals surface area contributed by atoms with Crippen molar-refractivity contribution in [1.82, 2.24) is 19.8 Å². The summed E-state index contributed by atoms with van der Waals surface area (Å²) in [6.07, 6.45) is 2.34. The number of nitrogens with one attached hydrogen (secondary N) is 1. The Hall–Kier alpha value is -2.83. The fraction of sp³-hybridized carbons (Fsp3) is 0.524. The molecule has 0 aromatic carbocycles. The van der Waals surface area contributed by atoms with E-state index in [1.807, 2.05) is 11.9 Å². The predicted molar refractivity (Wildman–Crippen MR) is 115 cm³/mol. The number of hydrogen-bond acceptors (Lipinski definition) is 7. The van der Waals surface area contributed by atoms with Crippen molar-refractivity contribution in [2.24, 2.45) is 5.92 Å². The van der Waals surface area contributed by atoms with Gasteiger partial charge in [0.1, 0.15) is 0 Å². The highest BCUT2D eigenvalue weighted by molar-refractivity contribution is 7.92. The smallest absolute Gasteiger partial charge is 0.328 e. The molecule has 3 heterocycles. The fourth-order valence-electron chi connectivity index (χ4n) is 3.78. The highest BCUT2D eigenvalue weighted by Gasteiger charge is 2.44.